The number of aromatic nitrogens is 4. The van der Waals surface area contributed by atoms with Gasteiger partial charge in [0.15, 0.2) is 17.0 Å². The quantitative estimate of drug-likeness (QED) is 0.363. The van der Waals surface area contributed by atoms with Crippen LogP contribution in [-0.2, 0) is 11.3 Å². The summed E-state index contributed by atoms with van der Waals surface area (Å²) in [5.74, 6) is -0.162. The molecule has 6 rings (SSSR count). The van der Waals surface area contributed by atoms with Crippen molar-refractivity contribution >= 4 is 29.1 Å². The zero-order valence-electron chi connectivity index (χ0n) is 22.5. The smallest absolute Gasteiger partial charge is 0.256 e. The number of benzene rings is 1. The number of hydrogen-bond acceptors (Lipinski definition) is 8. The lowest BCUT2D eigenvalue weighted by Gasteiger charge is -2.35. The molecule has 4 aromatic rings. The molecule has 2 aliphatic heterocycles. The minimum Gasteiger partial charge on any atom is -0.382 e. The first kappa shape index (κ1) is 25.8. The van der Waals surface area contributed by atoms with Gasteiger partial charge in [-0.05, 0) is 32.0 Å². The fraction of sp³-hybridized carbons (Fsp3) is 0.321. The van der Waals surface area contributed by atoms with E-state index in [1.807, 2.05) is 25.3 Å². The number of halogens is 1. The molecular weight excluding hydrogens is 515 g/mol. The molecule has 1 aromatic carbocycles. The van der Waals surface area contributed by atoms with Crippen LogP contribution in [0, 0.1) is 19.7 Å². The third kappa shape index (κ3) is 4.16. The van der Waals surface area contributed by atoms with Crippen molar-refractivity contribution in [2.24, 2.45) is 5.10 Å². The summed E-state index contributed by atoms with van der Waals surface area (Å²) >= 11 is 0. The standard InChI is InChI=1S/C28H30FN8O3/c1-17-22(18(2)40-34-17)15-35(3)28(38)21-13-19(5-6-23(21)29)24-14-25(26-27(30)31-16-32-36(24)26)37(10-4-9-33-37)20-7-11-39-12-8-20/h4-6,9-10,13-14,16,20H,7-8,11-12,15H2,1-3H3,(H2,30,31,32)/q+1. The fourth-order valence-corrected chi connectivity index (χ4v) is 5.61. The minimum atomic E-state index is -0.618. The summed E-state index contributed by atoms with van der Waals surface area (Å²) in [5, 5.41) is 13.3. The number of aryl methyl sites for hydroxylation is 2. The molecule has 5 heterocycles. The second-order valence-corrected chi connectivity index (χ2v) is 10.2. The molecule has 1 amide bonds. The van der Waals surface area contributed by atoms with E-state index in [0.717, 1.165) is 24.1 Å². The molecule has 3 aromatic heterocycles. The van der Waals surface area contributed by atoms with E-state index in [2.05, 4.69) is 15.2 Å². The first-order chi connectivity index (χ1) is 19.3. The molecule has 2 aliphatic rings. The van der Waals surface area contributed by atoms with Crippen LogP contribution >= 0.6 is 0 Å². The fourth-order valence-electron chi connectivity index (χ4n) is 5.61. The topological polar surface area (TPSA) is 124 Å². The van der Waals surface area contributed by atoms with Crippen molar-refractivity contribution < 1.29 is 18.4 Å². The monoisotopic (exact) mass is 545 g/mol. The van der Waals surface area contributed by atoms with Crippen LogP contribution in [0.15, 0.2) is 52.5 Å². The number of hydrogen-bond donors (Lipinski definition) is 1. The van der Waals surface area contributed by atoms with E-state index >= 15 is 4.39 Å². The van der Waals surface area contributed by atoms with E-state index in [1.54, 1.807) is 36.8 Å². The molecule has 206 valence electrons. The van der Waals surface area contributed by atoms with Crippen molar-refractivity contribution in [1.82, 2.24) is 29.2 Å². The Balaban J connectivity index is 1.44. The second-order valence-electron chi connectivity index (χ2n) is 10.2. The second kappa shape index (κ2) is 9.96. The van der Waals surface area contributed by atoms with Crippen LogP contribution in [-0.4, -0.2) is 63.1 Å². The molecule has 1 saturated heterocycles. The van der Waals surface area contributed by atoms with E-state index in [1.165, 1.54) is 17.3 Å². The zero-order valence-corrected chi connectivity index (χ0v) is 22.5. The van der Waals surface area contributed by atoms with Gasteiger partial charge in [0.2, 0.25) is 0 Å². The predicted octanol–water partition coefficient (Wildman–Crippen LogP) is 3.99. The molecular formula is C28H30FN8O3+. The van der Waals surface area contributed by atoms with E-state index in [0.29, 0.717) is 47.3 Å². The van der Waals surface area contributed by atoms with Crippen molar-refractivity contribution in [3.8, 4) is 11.3 Å². The van der Waals surface area contributed by atoms with Gasteiger partial charge < -0.3 is 19.9 Å². The normalized spacial score (nSPS) is 19.1. The summed E-state index contributed by atoms with van der Waals surface area (Å²) in [4.78, 5) is 19.1. The highest BCUT2D eigenvalue weighted by molar-refractivity contribution is 5.96. The number of amides is 1. The molecule has 0 saturated carbocycles. The summed E-state index contributed by atoms with van der Waals surface area (Å²) in [6, 6.07) is 6.56. The van der Waals surface area contributed by atoms with Gasteiger partial charge in [-0.2, -0.15) is 5.10 Å². The largest absolute Gasteiger partial charge is 0.382 e. The first-order valence-electron chi connectivity index (χ1n) is 13.1. The number of nitrogens with two attached hydrogens (primary N) is 1. The lowest BCUT2D eigenvalue weighted by Crippen LogP contribution is -2.49. The van der Waals surface area contributed by atoms with Gasteiger partial charge in [0.25, 0.3) is 5.91 Å². The maximum absolute atomic E-state index is 15.1. The molecule has 1 unspecified atom stereocenters. The Morgan fingerprint density at radius 3 is 2.75 bits per heavy atom. The number of nitrogen functional groups attached to an aromatic ring is 1. The lowest BCUT2D eigenvalue weighted by atomic mass is 10.0. The number of carbonyl (C=O) groups is 1. The highest BCUT2D eigenvalue weighted by atomic mass is 19.1. The Labute approximate surface area is 229 Å². The molecule has 0 spiro atoms. The number of rotatable bonds is 6. The van der Waals surface area contributed by atoms with E-state index in [-0.39, 0.29) is 22.7 Å². The van der Waals surface area contributed by atoms with Crippen molar-refractivity contribution in [3.05, 3.63) is 71.3 Å². The van der Waals surface area contributed by atoms with Crippen LogP contribution in [0.4, 0.5) is 15.9 Å². The third-order valence-electron chi connectivity index (χ3n) is 7.77. The number of nitrogens with zero attached hydrogens (tertiary/aromatic N) is 7. The van der Waals surface area contributed by atoms with Crippen molar-refractivity contribution in [3.63, 3.8) is 0 Å². The zero-order chi connectivity index (χ0) is 28.0. The van der Waals surface area contributed by atoms with Gasteiger partial charge in [0.05, 0.1) is 42.9 Å². The summed E-state index contributed by atoms with van der Waals surface area (Å²) in [7, 11) is 1.62. The van der Waals surface area contributed by atoms with Crippen LogP contribution < -0.4 is 10.3 Å². The number of fused-ring (bicyclic) bond motifs is 1. The average Bonchev–Trinajstić information content (AvgIpc) is 3.69. The van der Waals surface area contributed by atoms with Gasteiger partial charge in [-0.1, -0.05) is 10.3 Å². The number of ether oxygens (including phenoxy) is 1. The number of anilines is 1. The SMILES string of the molecule is Cc1noc(C)c1CN(C)C(=O)c1cc(-c2cc([N+]3(C4CCOCC4)C=CC=N3)c3c(N)ncnn23)ccc1F. The van der Waals surface area contributed by atoms with Gasteiger partial charge in [-0.3, -0.25) is 4.79 Å². The van der Waals surface area contributed by atoms with Crippen molar-refractivity contribution in [1.29, 1.82) is 0 Å². The molecule has 12 heteroatoms. The Hall–Kier alpha value is -4.42. The Bertz CT molecular complexity index is 1640. The molecule has 2 N–H and O–H groups in total. The Morgan fingerprint density at radius 1 is 1.25 bits per heavy atom. The Kier molecular flexibility index (Phi) is 6.43. The molecule has 1 fully saturated rings. The van der Waals surface area contributed by atoms with Crippen LogP contribution in [0.25, 0.3) is 16.8 Å². The summed E-state index contributed by atoms with van der Waals surface area (Å²) in [6.07, 6.45) is 8.74. The average molecular weight is 546 g/mol. The maximum atomic E-state index is 15.1. The molecule has 0 bridgehead atoms. The van der Waals surface area contributed by atoms with Crippen LogP contribution in [0.3, 0.4) is 0 Å². The third-order valence-corrected chi connectivity index (χ3v) is 7.77. The van der Waals surface area contributed by atoms with Gasteiger partial charge in [-0.25, -0.2) is 13.9 Å². The number of quaternary nitrogens is 1. The number of carbonyl (C=O) groups excluding carboxylic acids is 1. The molecule has 40 heavy (non-hydrogen) atoms. The molecule has 0 aliphatic carbocycles. The lowest BCUT2D eigenvalue weighted by molar-refractivity contribution is 0.0527. The Morgan fingerprint density at radius 2 is 2.05 bits per heavy atom. The van der Waals surface area contributed by atoms with Gasteiger partial charge >= 0.3 is 0 Å². The van der Waals surface area contributed by atoms with Gasteiger partial charge in [-0.15, -0.1) is 4.59 Å². The molecule has 0 radical (unpaired) electrons. The van der Waals surface area contributed by atoms with E-state index in [9.17, 15) is 4.79 Å². The highest BCUT2D eigenvalue weighted by Crippen LogP contribution is 2.43. The van der Waals surface area contributed by atoms with Crippen LogP contribution in [0.1, 0.15) is 40.2 Å². The van der Waals surface area contributed by atoms with E-state index in [4.69, 9.17) is 20.1 Å². The predicted molar refractivity (Wildman–Crippen MR) is 148 cm³/mol. The van der Waals surface area contributed by atoms with Crippen LogP contribution in [0.2, 0.25) is 0 Å². The number of allylic oxidation sites excluding steroid dienone is 1. The minimum absolute atomic E-state index is 0.0577. The summed E-state index contributed by atoms with van der Waals surface area (Å²) in [6.45, 7) is 5.12. The van der Waals surface area contributed by atoms with Crippen LogP contribution in [0.5, 0.6) is 0 Å². The summed E-state index contributed by atoms with van der Waals surface area (Å²) in [5.41, 5.74) is 10.5. The molecule has 11 nitrogen and oxygen atoms in total. The van der Waals surface area contributed by atoms with Gasteiger partial charge in [0, 0.05) is 43.2 Å². The van der Waals surface area contributed by atoms with Crippen molar-refractivity contribution in [2.75, 3.05) is 26.0 Å². The first-order valence-corrected chi connectivity index (χ1v) is 13.1. The molecule has 1 atom stereocenters. The van der Waals surface area contributed by atoms with Crippen molar-refractivity contribution in [2.45, 2.75) is 39.3 Å². The highest BCUT2D eigenvalue weighted by Gasteiger charge is 2.44. The summed E-state index contributed by atoms with van der Waals surface area (Å²) < 4.78 is 27.8. The van der Waals surface area contributed by atoms with E-state index < -0.39 is 11.7 Å². The maximum Gasteiger partial charge on any atom is 0.256 e. The van der Waals surface area contributed by atoms with Gasteiger partial charge in [0.1, 0.15) is 30.1 Å².